The topological polar surface area (TPSA) is 54.9 Å². The van der Waals surface area contributed by atoms with Crippen molar-refractivity contribution >= 4 is 40.8 Å². The van der Waals surface area contributed by atoms with E-state index in [2.05, 4.69) is 15.5 Å². The van der Waals surface area contributed by atoms with E-state index in [1.54, 1.807) is 23.7 Å². The minimum absolute atomic E-state index is 0.246. The second-order valence-corrected chi connectivity index (χ2v) is 6.86. The molecule has 0 aliphatic rings. The molecule has 7 heteroatoms. The Bertz CT molecular complexity index is 831. The Morgan fingerprint density at radius 2 is 1.88 bits per heavy atom. The zero-order chi connectivity index (χ0) is 16.8. The van der Waals surface area contributed by atoms with Crippen LogP contribution in [0.4, 0.5) is 10.1 Å². The van der Waals surface area contributed by atoms with Crippen molar-refractivity contribution in [2.45, 2.75) is 9.24 Å². The molecular formula is C17H12FN3OS2. The van der Waals surface area contributed by atoms with Gasteiger partial charge in [-0.15, -0.1) is 10.2 Å². The van der Waals surface area contributed by atoms with Crippen LogP contribution in [0, 0.1) is 5.82 Å². The monoisotopic (exact) mass is 357 g/mol. The molecule has 4 nitrogen and oxygen atoms in total. The summed E-state index contributed by atoms with van der Waals surface area (Å²) in [5.41, 5.74) is 3.14. The van der Waals surface area contributed by atoms with E-state index in [1.165, 1.54) is 41.3 Å². The lowest BCUT2D eigenvalue weighted by Gasteiger charge is -2.03. The number of hydrogen-bond acceptors (Lipinski definition) is 5. The average Bonchev–Trinajstić information content (AvgIpc) is 3.09. The number of benzene rings is 2. The van der Waals surface area contributed by atoms with Crippen molar-refractivity contribution in [1.29, 1.82) is 0 Å². The molecule has 0 spiro atoms. The second-order valence-electron chi connectivity index (χ2n) is 4.71. The van der Waals surface area contributed by atoms with Gasteiger partial charge >= 0.3 is 0 Å². The van der Waals surface area contributed by atoms with E-state index in [0.717, 1.165) is 14.8 Å². The van der Waals surface area contributed by atoms with Crippen LogP contribution in [0.5, 0.6) is 0 Å². The number of halogens is 1. The Balaban J connectivity index is 1.57. The summed E-state index contributed by atoms with van der Waals surface area (Å²) in [6.45, 7) is 0. The van der Waals surface area contributed by atoms with Crippen molar-refractivity contribution in [2.24, 2.45) is 0 Å². The van der Waals surface area contributed by atoms with E-state index in [-0.39, 0.29) is 11.7 Å². The summed E-state index contributed by atoms with van der Waals surface area (Å²) in [4.78, 5) is 12.9. The molecule has 0 radical (unpaired) electrons. The average molecular weight is 357 g/mol. The molecule has 1 heterocycles. The summed E-state index contributed by atoms with van der Waals surface area (Å²) in [5.74, 6) is -0.549. The van der Waals surface area contributed by atoms with Crippen LogP contribution in [0.2, 0.25) is 0 Å². The molecular weight excluding hydrogens is 345 g/mol. The summed E-state index contributed by atoms with van der Waals surface area (Å²) in [7, 11) is 0. The molecule has 1 amide bonds. The highest BCUT2D eigenvalue weighted by molar-refractivity contribution is 8.01. The van der Waals surface area contributed by atoms with Gasteiger partial charge in [0, 0.05) is 16.7 Å². The second kappa shape index (κ2) is 7.85. The maximum atomic E-state index is 12.8. The van der Waals surface area contributed by atoms with Crippen LogP contribution in [-0.4, -0.2) is 16.1 Å². The zero-order valence-corrected chi connectivity index (χ0v) is 14.0. The molecule has 0 saturated heterocycles. The van der Waals surface area contributed by atoms with Crippen molar-refractivity contribution in [1.82, 2.24) is 10.2 Å². The van der Waals surface area contributed by atoms with Gasteiger partial charge in [-0.1, -0.05) is 35.2 Å². The van der Waals surface area contributed by atoms with Crippen molar-refractivity contribution < 1.29 is 9.18 Å². The third kappa shape index (κ3) is 4.74. The molecule has 0 bridgehead atoms. The molecule has 2 aromatic carbocycles. The van der Waals surface area contributed by atoms with Gasteiger partial charge in [0.1, 0.15) is 11.3 Å². The Hall–Kier alpha value is -2.51. The highest BCUT2D eigenvalue weighted by Crippen LogP contribution is 2.29. The molecule has 0 fully saturated rings. The highest BCUT2D eigenvalue weighted by atomic mass is 32.2. The van der Waals surface area contributed by atoms with Gasteiger partial charge < -0.3 is 5.32 Å². The van der Waals surface area contributed by atoms with Crippen LogP contribution < -0.4 is 5.32 Å². The van der Waals surface area contributed by atoms with Gasteiger partial charge in [0.2, 0.25) is 5.91 Å². The van der Waals surface area contributed by atoms with E-state index in [4.69, 9.17) is 0 Å². The zero-order valence-electron chi connectivity index (χ0n) is 12.3. The van der Waals surface area contributed by atoms with Crippen molar-refractivity contribution in [3.63, 3.8) is 0 Å². The fourth-order valence-electron chi connectivity index (χ4n) is 1.84. The van der Waals surface area contributed by atoms with Crippen LogP contribution in [0.15, 0.2) is 69.4 Å². The van der Waals surface area contributed by atoms with E-state index in [0.29, 0.717) is 5.69 Å². The normalized spacial score (nSPS) is 10.9. The number of rotatable bonds is 5. The summed E-state index contributed by atoms with van der Waals surface area (Å²) < 4.78 is 13.7. The van der Waals surface area contributed by atoms with Crippen molar-refractivity contribution in [3.05, 3.63) is 71.5 Å². The van der Waals surface area contributed by atoms with Gasteiger partial charge in [-0.3, -0.25) is 4.79 Å². The maximum absolute atomic E-state index is 12.8. The Kier molecular flexibility index (Phi) is 5.35. The standard InChI is InChI=1S/C17H12FN3OS2/c18-13-4-1-12(2-5-13)3-10-16(22)20-14-6-8-15(9-7-14)24-17-21-19-11-23-17/h1-11H,(H,20,22). The minimum Gasteiger partial charge on any atom is -0.323 e. The number of nitrogens with one attached hydrogen (secondary N) is 1. The minimum atomic E-state index is -0.303. The van der Waals surface area contributed by atoms with Crippen LogP contribution in [0.25, 0.3) is 6.08 Å². The molecule has 120 valence electrons. The lowest BCUT2D eigenvalue weighted by Crippen LogP contribution is -2.07. The van der Waals surface area contributed by atoms with Gasteiger partial charge in [-0.2, -0.15) is 0 Å². The summed E-state index contributed by atoms with van der Waals surface area (Å²) >= 11 is 2.99. The molecule has 0 unspecified atom stereocenters. The third-order valence-electron chi connectivity index (χ3n) is 2.96. The smallest absolute Gasteiger partial charge is 0.248 e. The van der Waals surface area contributed by atoms with E-state index < -0.39 is 0 Å². The highest BCUT2D eigenvalue weighted by Gasteiger charge is 2.02. The number of nitrogens with zero attached hydrogens (tertiary/aromatic N) is 2. The van der Waals surface area contributed by atoms with Crippen LogP contribution in [0.3, 0.4) is 0 Å². The predicted molar refractivity (Wildman–Crippen MR) is 94.5 cm³/mol. The van der Waals surface area contributed by atoms with Gasteiger partial charge in [0.05, 0.1) is 0 Å². The Labute approximate surface area is 146 Å². The van der Waals surface area contributed by atoms with E-state index in [9.17, 15) is 9.18 Å². The summed E-state index contributed by atoms with van der Waals surface area (Å²) in [6.07, 6.45) is 3.05. The molecule has 1 aromatic heterocycles. The molecule has 3 rings (SSSR count). The lowest BCUT2D eigenvalue weighted by atomic mass is 10.2. The number of anilines is 1. The number of amides is 1. The largest absolute Gasteiger partial charge is 0.323 e. The molecule has 0 aliphatic heterocycles. The van der Waals surface area contributed by atoms with Crippen LogP contribution in [0.1, 0.15) is 5.56 Å². The third-order valence-corrected chi connectivity index (χ3v) is 4.75. The van der Waals surface area contributed by atoms with Gasteiger partial charge in [0.25, 0.3) is 0 Å². The van der Waals surface area contributed by atoms with E-state index in [1.807, 2.05) is 24.3 Å². The quantitative estimate of drug-likeness (QED) is 0.684. The fourth-order valence-corrected chi connectivity index (χ4v) is 3.29. The molecule has 1 N–H and O–H groups in total. The van der Waals surface area contributed by atoms with Gasteiger partial charge in [-0.05, 0) is 48.0 Å². The summed E-state index contributed by atoms with van der Waals surface area (Å²) in [6, 6.07) is 13.4. The SMILES string of the molecule is O=C(C=Cc1ccc(F)cc1)Nc1ccc(Sc2nncs2)cc1. The number of carbonyl (C=O) groups is 1. The Morgan fingerprint density at radius 3 is 2.54 bits per heavy atom. The van der Waals surface area contributed by atoms with Crippen molar-refractivity contribution in [2.75, 3.05) is 5.32 Å². The summed E-state index contributed by atoms with van der Waals surface area (Å²) in [5, 5.41) is 10.5. The molecule has 3 aromatic rings. The molecule has 0 aliphatic carbocycles. The van der Waals surface area contributed by atoms with Crippen LogP contribution >= 0.6 is 23.1 Å². The van der Waals surface area contributed by atoms with E-state index >= 15 is 0 Å². The number of carbonyl (C=O) groups excluding carboxylic acids is 1. The maximum Gasteiger partial charge on any atom is 0.248 e. The number of aromatic nitrogens is 2. The van der Waals surface area contributed by atoms with Crippen molar-refractivity contribution in [3.8, 4) is 0 Å². The number of hydrogen-bond donors (Lipinski definition) is 1. The molecule has 0 saturated carbocycles. The first-order valence-corrected chi connectivity index (χ1v) is 8.67. The first-order chi connectivity index (χ1) is 11.7. The van der Waals surface area contributed by atoms with Gasteiger partial charge in [-0.25, -0.2) is 4.39 Å². The van der Waals surface area contributed by atoms with Gasteiger partial charge in [0.15, 0.2) is 4.34 Å². The molecule has 0 atom stereocenters. The first-order valence-electron chi connectivity index (χ1n) is 6.98. The Morgan fingerprint density at radius 1 is 1.12 bits per heavy atom. The first kappa shape index (κ1) is 16.4. The van der Waals surface area contributed by atoms with Crippen LogP contribution in [-0.2, 0) is 4.79 Å². The molecule has 24 heavy (non-hydrogen) atoms. The predicted octanol–water partition coefficient (Wildman–Crippen LogP) is 4.48. The lowest BCUT2D eigenvalue weighted by molar-refractivity contribution is -0.111. The fraction of sp³-hybridized carbons (Fsp3) is 0.